The molecule has 0 aliphatic carbocycles. The fourth-order valence-corrected chi connectivity index (χ4v) is 9.49. The molecule has 0 aromatic heterocycles. The second kappa shape index (κ2) is 8.45. The lowest BCUT2D eigenvalue weighted by atomic mass is 10.1. The molecule has 0 spiro atoms. The van der Waals surface area contributed by atoms with Crippen LogP contribution < -0.4 is 0 Å². The summed E-state index contributed by atoms with van der Waals surface area (Å²) in [5.41, 5.74) is 0. The van der Waals surface area contributed by atoms with Crippen molar-refractivity contribution in [2.75, 3.05) is 18.6 Å². The Morgan fingerprint density at radius 3 is 2.03 bits per heavy atom. The lowest BCUT2D eigenvalue weighted by Crippen LogP contribution is -2.63. The molecule has 1 fully saturated rings. The van der Waals surface area contributed by atoms with Crippen molar-refractivity contribution in [3.8, 4) is 0 Å². The van der Waals surface area contributed by atoms with Gasteiger partial charge in [-0.2, -0.15) is 47.9 Å². The maximum atomic E-state index is 14.4. The summed E-state index contributed by atoms with van der Waals surface area (Å²) in [5.74, 6) is -15.4. The standard InChI is InChI=1S/C19H17F9O4S2/c1-31-13-9-10-33(11-13,15-8-4-6-12-5-2-3-7-14(12)15)32-34(29,30)19(27,28)17(22,23)16(20,21)18(24,25)26/h2-8,13H,9-11H2,1H3. The third-order valence-electron chi connectivity index (χ3n) is 5.36. The summed E-state index contributed by atoms with van der Waals surface area (Å²) in [6.07, 6.45) is -7.90. The van der Waals surface area contributed by atoms with Gasteiger partial charge in [-0.15, -0.1) is 0 Å². The smallest absolute Gasteiger partial charge is 0.381 e. The topological polar surface area (TPSA) is 52.6 Å². The minimum absolute atomic E-state index is 0.0235. The van der Waals surface area contributed by atoms with Crippen LogP contribution in [0.15, 0.2) is 47.4 Å². The highest BCUT2D eigenvalue weighted by atomic mass is 32.3. The monoisotopic (exact) mass is 544 g/mol. The number of halogens is 9. The van der Waals surface area contributed by atoms with Gasteiger partial charge in [-0.05, 0) is 23.3 Å². The lowest BCUT2D eigenvalue weighted by Gasteiger charge is -2.38. The van der Waals surface area contributed by atoms with E-state index in [-0.39, 0.29) is 17.1 Å². The summed E-state index contributed by atoms with van der Waals surface area (Å²) in [7, 11) is -9.28. The van der Waals surface area contributed by atoms with Crippen LogP contribution in [0.1, 0.15) is 6.42 Å². The number of fused-ring (bicyclic) bond motifs is 1. The predicted molar refractivity (Wildman–Crippen MR) is 106 cm³/mol. The van der Waals surface area contributed by atoms with E-state index in [0.29, 0.717) is 10.8 Å². The third-order valence-corrected chi connectivity index (χ3v) is 11.0. The fourth-order valence-electron chi connectivity index (χ4n) is 3.52. The van der Waals surface area contributed by atoms with Gasteiger partial charge in [-0.3, -0.25) is 0 Å². The van der Waals surface area contributed by atoms with Crippen molar-refractivity contribution in [2.45, 2.75) is 40.7 Å². The summed E-state index contributed by atoms with van der Waals surface area (Å²) >= 11 is 0. The first-order valence-corrected chi connectivity index (χ1v) is 12.7. The molecule has 2 aromatic carbocycles. The Balaban J connectivity index is 2.15. The van der Waals surface area contributed by atoms with E-state index in [2.05, 4.69) is 3.63 Å². The van der Waals surface area contributed by atoms with E-state index in [1.165, 1.54) is 31.4 Å². The van der Waals surface area contributed by atoms with Crippen LogP contribution in [0.5, 0.6) is 0 Å². The minimum Gasteiger partial charge on any atom is -0.381 e. The van der Waals surface area contributed by atoms with Gasteiger partial charge in [0.15, 0.2) is 0 Å². The van der Waals surface area contributed by atoms with Crippen LogP contribution in [-0.2, 0) is 18.5 Å². The van der Waals surface area contributed by atoms with Crippen molar-refractivity contribution in [3.05, 3.63) is 42.5 Å². The summed E-state index contributed by atoms with van der Waals surface area (Å²) in [6, 6.07) is 10.5. The molecule has 1 saturated heterocycles. The van der Waals surface area contributed by atoms with Crippen molar-refractivity contribution in [1.82, 2.24) is 0 Å². The van der Waals surface area contributed by atoms with E-state index in [0.717, 1.165) is 0 Å². The first-order chi connectivity index (χ1) is 15.4. The van der Waals surface area contributed by atoms with Crippen LogP contribution in [-0.4, -0.2) is 56.4 Å². The van der Waals surface area contributed by atoms with Gasteiger partial charge in [0, 0.05) is 23.5 Å². The zero-order chi connectivity index (χ0) is 25.8. The third kappa shape index (κ3) is 4.03. The maximum Gasteiger partial charge on any atom is 0.460 e. The summed E-state index contributed by atoms with van der Waals surface area (Å²) in [4.78, 5) is 0.0235. The van der Waals surface area contributed by atoms with Gasteiger partial charge >= 0.3 is 33.4 Å². The van der Waals surface area contributed by atoms with E-state index in [4.69, 9.17) is 4.74 Å². The Bertz CT molecular complexity index is 1160. The molecule has 0 radical (unpaired) electrons. The van der Waals surface area contributed by atoms with Crippen molar-refractivity contribution >= 4 is 31.2 Å². The van der Waals surface area contributed by atoms with Crippen LogP contribution in [0.4, 0.5) is 39.5 Å². The molecule has 1 aliphatic rings. The number of hydrogen-bond donors (Lipinski definition) is 0. The van der Waals surface area contributed by atoms with Crippen molar-refractivity contribution in [1.29, 1.82) is 0 Å². The first kappa shape index (κ1) is 26.9. The number of rotatable bonds is 7. The number of benzene rings is 2. The summed E-state index contributed by atoms with van der Waals surface area (Å²) in [6.45, 7) is 0. The number of methoxy groups -OCH3 is 1. The van der Waals surface area contributed by atoms with Crippen molar-refractivity contribution in [3.63, 3.8) is 0 Å². The van der Waals surface area contributed by atoms with Crippen LogP contribution in [0, 0.1) is 0 Å². The molecule has 34 heavy (non-hydrogen) atoms. The lowest BCUT2D eigenvalue weighted by molar-refractivity contribution is -0.382. The Kier molecular flexibility index (Phi) is 6.68. The normalized spacial score (nSPS) is 24.8. The average Bonchev–Trinajstić information content (AvgIpc) is 3.15. The van der Waals surface area contributed by atoms with Gasteiger partial charge in [0.05, 0.1) is 6.10 Å². The van der Waals surface area contributed by atoms with Crippen LogP contribution in [0.3, 0.4) is 0 Å². The minimum atomic E-state index is -7.37. The average molecular weight is 544 g/mol. The highest BCUT2D eigenvalue weighted by molar-refractivity contribution is 8.33. The van der Waals surface area contributed by atoms with E-state index in [1.54, 1.807) is 18.2 Å². The zero-order valence-corrected chi connectivity index (χ0v) is 18.7. The Labute approximate surface area is 189 Å². The second-order valence-electron chi connectivity index (χ2n) is 7.49. The van der Waals surface area contributed by atoms with Gasteiger partial charge in [0.2, 0.25) is 0 Å². The molecule has 0 bridgehead atoms. The number of ether oxygens (including phenoxy) is 1. The second-order valence-corrected chi connectivity index (χ2v) is 12.3. The van der Waals surface area contributed by atoms with Gasteiger partial charge < -0.3 is 4.74 Å². The molecule has 0 saturated carbocycles. The fraction of sp³-hybridized carbons (Fsp3) is 0.474. The van der Waals surface area contributed by atoms with Gasteiger partial charge in [0.1, 0.15) is 0 Å². The quantitative estimate of drug-likeness (QED) is 0.395. The Morgan fingerprint density at radius 1 is 0.882 bits per heavy atom. The molecule has 0 N–H and O–H groups in total. The van der Waals surface area contributed by atoms with Crippen molar-refractivity contribution < 1.29 is 56.3 Å². The molecule has 3 rings (SSSR count). The largest absolute Gasteiger partial charge is 0.460 e. The van der Waals surface area contributed by atoms with E-state index >= 15 is 0 Å². The summed E-state index contributed by atoms with van der Waals surface area (Å²) < 4.78 is 155. The molecular weight excluding hydrogens is 527 g/mol. The SMILES string of the molecule is COC1CCS(OS(=O)(=O)C(F)(F)C(F)(F)C(F)(F)C(F)(F)F)(c2cccc3ccccc23)C1. The molecule has 192 valence electrons. The molecule has 2 aromatic rings. The molecule has 2 atom stereocenters. The molecule has 1 heterocycles. The number of alkyl halides is 9. The highest BCUT2D eigenvalue weighted by Crippen LogP contribution is 2.66. The molecule has 2 unspecified atom stereocenters. The Morgan fingerprint density at radius 2 is 1.47 bits per heavy atom. The molecular formula is C19H17F9O4S2. The maximum absolute atomic E-state index is 14.4. The predicted octanol–water partition coefficient (Wildman–Crippen LogP) is 6.11. The van der Waals surface area contributed by atoms with Crippen molar-refractivity contribution in [2.24, 2.45) is 0 Å². The van der Waals surface area contributed by atoms with Crippen LogP contribution in [0.25, 0.3) is 10.8 Å². The van der Waals surface area contributed by atoms with E-state index in [1.807, 2.05) is 0 Å². The van der Waals surface area contributed by atoms with Gasteiger partial charge in [0.25, 0.3) is 0 Å². The molecule has 1 aliphatic heterocycles. The van der Waals surface area contributed by atoms with E-state index in [9.17, 15) is 47.9 Å². The Hall–Kier alpha value is -1.71. The van der Waals surface area contributed by atoms with Gasteiger partial charge in [-0.25, -0.2) is 3.63 Å². The molecule has 0 amide bonds. The zero-order valence-electron chi connectivity index (χ0n) is 17.1. The number of hydrogen-bond acceptors (Lipinski definition) is 4. The van der Waals surface area contributed by atoms with E-state index < -0.39 is 55.6 Å². The highest BCUT2D eigenvalue weighted by Gasteiger charge is 2.86. The first-order valence-electron chi connectivity index (χ1n) is 9.38. The molecule has 4 nitrogen and oxygen atoms in total. The van der Waals surface area contributed by atoms with Gasteiger partial charge in [-0.1, -0.05) is 46.7 Å². The van der Waals surface area contributed by atoms with Crippen LogP contribution >= 0.6 is 10.3 Å². The molecule has 15 heteroatoms. The van der Waals surface area contributed by atoms with Crippen LogP contribution in [0.2, 0.25) is 0 Å². The summed E-state index contributed by atoms with van der Waals surface area (Å²) in [5, 5.41) is -6.12.